The molecule has 1 unspecified atom stereocenters. The average molecular weight is 236 g/mol. The topological polar surface area (TPSA) is 47.7 Å². The zero-order valence-corrected chi connectivity index (χ0v) is 10.5. The summed E-state index contributed by atoms with van der Waals surface area (Å²) in [6, 6.07) is 6.38. The Morgan fingerprint density at radius 3 is 2.94 bits per heavy atom. The predicted molar refractivity (Wildman–Crippen MR) is 68.1 cm³/mol. The molecule has 2 N–H and O–H groups in total. The Bertz CT molecular complexity index is 376. The lowest BCUT2D eigenvalue weighted by Crippen LogP contribution is -2.31. The van der Waals surface area contributed by atoms with Crippen molar-refractivity contribution in [2.24, 2.45) is 0 Å². The van der Waals surface area contributed by atoms with Crippen LogP contribution in [0.25, 0.3) is 0 Å². The van der Waals surface area contributed by atoms with Crippen LogP contribution < -0.4 is 10.5 Å². The Hall–Kier alpha value is -1.26. The van der Waals surface area contributed by atoms with E-state index in [-0.39, 0.29) is 0 Å². The van der Waals surface area contributed by atoms with Crippen molar-refractivity contribution in [3.63, 3.8) is 0 Å². The maximum Gasteiger partial charge on any atom is 0.121 e. The number of nitrogens with two attached hydrogens (primary N) is 1. The monoisotopic (exact) mass is 236 g/mol. The molecule has 0 radical (unpaired) electrons. The molecule has 1 aliphatic rings. The van der Waals surface area contributed by atoms with Crippen LogP contribution in [0.1, 0.15) is 12.0 Å². The number of nitrogens with zero attached hydrogens (tertiary/aromatic N) is 1. The van der Waals surface area contributed by atoms with Crippen LogP contribution in [0.4, 0.5) is 5.69 Å². The third-order valence-electron chi connectivity index (χ3n) is 3.19. The SMILES string of the molecule is COc1cc(N)cc(CN(C)C2CCOC2)c1. The molecule has 1 aromatic rings. The highest BCUT2D eigenvalue weighted by atomic mass is 16.5. The van der Waals surface area contributed by atoms with Gasteiger partial charge >= 0.3 is 0 Å². The molecular weight excluding hydrogens is 216 g/mol. The molecule has 0 saturated carbocycles. The Morgan fingerprint density at radius 1 is 1.47 bits per heavy atom. The van der Waals surface area contributed by atoms with E-state index in [0.29, 0.717) is 6.04 Å². The minimum atomic E-state index is 0.516. The second-order valence-corrected chi connectivity index (χ2v) is 4.55. The molecule has 0 aliphatic carbocycles. The molecule has 0 spiro atoms. The number of nitrogen functional groups attached to an aromatic ring is 1. The highest BCUT2D eigenvalue weighted by Gasteiger charge is 2.20. The largest absolute Gasteiger partial charge is 0.497 e. The van der Waals surface area contributed by atoms with Gasteiger partial charge in [0.1, 0.15) is 5.75 Å². The zero-order chi connectivity index (χ0) is 12.3. The molecule has 1 aromatic carbocycles. The van der Waals surface area contributed by atoms with Crippen LogP contribution in [0.15, 0.2) is 18.2 Å². The molecule has 4 heteroatoms. The van der Waals surface area contributed by atoms with Gasteiger partial charge in [0.25, 0.3) is 0 Å². The fourth-order valence-electron chi connectivity index (χ4n) is 2.18. The fraction of sp³-hybridized carbons (Fsp3) is 0.538. The van der Waals surface area contributed by atoms with Gasteiger partial charge in [0.05, 0.1) is 13.7 Å². The van der Waals surface area contributed by atoms with Crippen molar-refractivity contribution in [3.8, 4) is 5.75 Å². The molecule has 17 heavy (non-hydrogen) atoms. The molecule has 1 fully saturated rings. The number of methoxy groups -OCH3 is 1. The highest BCUT2D eigenvalue weighted by molar-refractivity contribution is 5.47. The average Bonchev–Trinajstić information content (AvgIpc) is 2.81. The normalized spacial score (nSPS) is 19.8. The van der Waals surface area contributed by atoms with Gasteiger partial charge in [-0.3, -0.25) is 4.90 Å². The summed E-state index contributed by atoms with van der Waals surface area (Å²) in [5.74, 6) is 0.816. The van der Waals surface area contributed by atoms with Gasteiger partial charge in [0, 0.05) is 30.9 Å². The summed E-state index contributed by atoms with van der Waals surface area (Å²) in [4.78, 5) is 2.31. The van der Waals surface area contributed by atoms with E-state index in [2.05, 4.69) is 11.9 Å². The predicted octanol–water partition coefficient (Wildman–Crippen LogP) is 1.50. The van der Waals surface area contributed by atoms with Crippen molar-refractivity contribution in [3.05, 3.63) is 23.8 Å². The van der Waals surface area contributed by atoms with E-state index in [1.807, 2.05) is 18.2 Å². The van der Waals surface area contributed by atoms with Crippen LogP contribution in [0.5, 0.6) is 5.75 Å². The number of benzene rings is 1. The van der Waals surface area contributed by atoms with Crippen molar-refractivity contribution >= 4 is 5.69 Å². The maximum absolute atomic E-state index is 5.84. The van der Waals surface area contributed by atoms with E-state index in [1.165, 1.54) is 5.56 Å². The van der Waals surface area contributed by atoms with E-state index in [0.717, 1.165) is 37.6 Å². The summed E-state index contributed by atoms with van der Waals surface area (Å²) >= 11 is 0. The maximum atomic E-state index is 5.84. The van der Waals surface area contributed by atoms with Gasteiger partial charge in [-0.25, -0.2) is 0 Å². The van der Waals surface area contributed by atoms with Crippen molar-refractivity contribution in [2.75, 3.05) is 33.1 Å². The molecule has 0 amide bonds. The third-order valence-corrected chi connectivity index (χ3v) is 3.19. The van der Waals surface area contributed by atoms with Crippen LogP contribution in [-0.2, 0) is 11.3 Å². The first-order valence-corrected chi connectivity index (χ1v) is 5.90. The first-order valence-electron chi connectivity index (χ1n) is 5.90. The minimum absolute atomic E-state index is 0.516. The van der Waals surface area contributed by atoms with Gasteiger partial charge in [-0.15, -0.1) is 0 Å². The van der Waals surface area contributed by atoms with E-state index in [1.54, 1.807) is 7.11 Å². The number of anilines is 1. The number of hydrogen-bond donors (Lipinski definition) is 1. The quantitative estimate of drug-likeness (QED) is 0.805. The van der Waals surface area contributed by atoms with Crippen molar-refractivity contribution in [2.45, 2.75) is 19.0 Å². The second kappa shape index (κ2) is 5.38. The van der Waals surface area contributed by atoms with Crippen LogP contribution >= 0.6 is 0 Å². The fourth-order valence-corrected chi connectivity index (χ4v) is 2.18. The summed E-state index contributed by atoms with van der Waals surface area (Å²) in [5.41, 5.74) is 7.76. The molecular formula is C13H20N2O2. The van der Waals surface area contributed by atoms with Crippen molar-refractivity contribution in [1.29, 1.82) is 0 Å². The van der Waals surface area contributed by atoms with E-state index in [4.69, 9.17) is 15.2 Å². The lowest BCUT2D eigenvalue weighted by atomic mass is 10.1. The Kier molecular flexibility index (Phi) is 3.86. The smallest absolute Gasteiger partial charge is 0.121 e. The van der Waals surface area contributed by atoms with Gasteiger partial charge in [-0.1, -0.05) is 0 Å². The van der Waals surface area contributed by atoms with Crippen LogP contribution in [-0.4, -0.2) is 38.3 Å². The van der Waals surface area contributed by atoms with Crippen molar-refractivity contribution < 1.29 is 9.47 Å². The molecule has 1 aliphatic heterocycles. The van der Waals surface area contributed by atoms with Gasteiger partial charge in [-0.2, -0.15) is 0 Å². The molecule has 1 saturated heterocycles. The van der Waals surface area contributed by atoms with Gasteiger partial charge < -0.3 is 15.2 Å². The number of likely N-dealkylation sites (N-methyl/N-ethyl adjacent to an activating group) is 1. The summed E-state index contributed by atoms with van der Waals surface area (Å²) in [5, 5.41) is 0. The molecule has 94 valence electrons. The summed E-state index contributed by atoms with van der Waals surface area (Å²) < 4.78 is 10.6. The van der Waals surface area contributed by atoms with Crippen LogP contribution in [0, 0.1) is 0 Å². The number of ether oxygens (including phenoxy) is 2. The Balaban J connectivity index is 2.04. The second-order valence-electron chi connectivity index (χ2n) is 4.55. The van der Waals surface area contributed by atoms with Gasteiger partial charge in [0.15, 0.2) is 0 Å². The number of hydrogen-bond acceptors (Lipinski definition) is 4. The minimum Gasteiger partial charge on any atom is -0.497 e. The lowest BCUT2D eigenvalue weighted by molar-refractivity contribution is 0.156. The number of rotatable bonds is 4. The highest BCUT2D eigenvalue weighted by Crippen LogP contribution is 2.21. The molecule has 1 heterocycles. The Labute approximate surface area is 102 Å². The lowest BCUT2D eigenvalue weighted by Gasteiger charge is -2.23. The third kappa shape index (κ3) is 3.11. The molecule has 2 rings (SSSR count). The first-order chi connectivity index (χ1) is 8.19. The van der Waals surface area contributed by atoms with E-state index >= 15 is 0 Å². The summed E-state index contributed by atoms with van der Waals surface area (Å²) in [7, 11) is 3.78. The zero-order valence-electron chi connectivity index (χ0n) is 10.5. The van der Waals surface area contributed by atoms with E-state index in [9.17, 15) is 0 Å². The first kappa shape index (κ1) is 12.2. The van der Waals surface area contributed by atoms with Crippen LogP contribution in [0.3, 0.4) is 0 Å². The van der Waals surface area contributed by atoms with E-state index < -0.39 is 0 Å². The molecule has 0 aromatic heterocycles. The van der Waals surface area contributed by atoms with Crippen LogP contribution in [0.2, 0.25) is 0 Å². The summed E-state index contributed by atoms with van der Waals surface area (Å²) in [6.07, 6.45) is 1.11. The molecule has 0 bridgehead atoms. The molecule has 4 nitrogen and oxygen atoms in total. The molecule has 1 atom stereocenters. The Morgan fingerprint density at radius 2 is 2.29 bits per heavy atom. The standard InChI is InChI=1S/C13H20N2O2/c1-15(12-3-4-17-9-12)8-10-5-11(14)7-13(6-10)16-2/h5-7,12H,3-4,8-9,14H2,1-2H3. The van der Waals surface area contributed by atoms with Gasteiger partial charge in [-0.05, 0) is 31.2 Å². The van der Waals surface area contributed by atoms with Gasteiger partial charge in [0.2, 0.25) is 0 Å². The summed E-state index contributed by atoms with van der Waals surface area (Å²) in [6.45, 7) is 2.57. The van der Waals surface area contributed by atoms with Crippen molar-refractivity contribution in [1.82, 2.24) is 4.90 Å².